The Kier molecular flexibility index (Phi) is 9.21. The fourth-order valence-corrected chi connectivity index (χ4v) is 4.52. The number of esters is 1. The van der Waals surface area contributed by atoms with Crippen LogP contribution in [0.3, 0.4) is 0 Å². The van der Waals surface area contributed by atoms with Crippen molar-refractivity contribution in [2.24, 2.45) is 11.3 Å². The number of nitrogens with one attached hydrogen (secondary N) is 1. The molecule has 0 aromatic heterocycles. The molecule has 1 aliphatic carbocycles. The van der Waals surface area contributed by atoms with Gasteiger partial charge < -0.3 is 10.1 Å². The molecule has 1 aromatic rings. The largest absolute Gasteiger partial charge is 0.465 e. The molecule has 1 aromatic carbocycles. The van der Waals surface area contributed by atoms with Crippen LogP contribution in [0.4, 0.5) is 0 Å². The molecule has 1 saturated carbocycles. The Morgan fingerprint density at radius 3 is 2.43 bits per heavy atom. The zero-order valence-electron chi connectivity index (χ0n) is 19.3. The SMILES string of the molecule is COC(=O)c1cc(Cl)cc(CCCC2CCC(NC(=O)CCC(C)(C)C)CC2)c1C. The summed E-state index contributed by atoms with van der Waals surface area (Å²) >= 11 is 6.21. The lowest BCUT2D eigenvalue weighted by atomic mass is 9.82. The molecular weight excluding hydrogens is 398 g/mol. The number of benzene rings is 1. The summed E-state index contributed by atoms with van der Waals surface area (Å²) in [5.41, 5.74) is 2.85. The fourth-order valence-electron chi connectivity index (χ4n) is 4.28. The monoisotopic (exact) mass is 435 g/mol. The summed E-state index contributed by atoms with van der Waals surface area (Å²) in [6.07, 6.45) is 9.21. The van der Waals surface area contributed by atoms with Crippen molar-refractivity contribution in [3.8, 4) is 0 Å². The Bertz CT molecular complexity index is 731. The van der Waals surface area contributed by atoms with Gasteiger partial charge in [0.15, 0.2) is 0 Å². The summed E-state index contributed by atoms with van der Waals surface area (Å²) < 4.78 is 4.87. The van der Waals surface area contributed by atoms with Crippen LogP contribution in [0, 0.1) is 18.3 Å². The van der Waals surface area contributed by atoms with Crippen molar-refractivity contribution in [1.29, 1.82) is 0 Å². The van der Waals surface area contributed by atoms with Crippen molar-refractivity contribution < 1.29 is 14.3 Å². The number of hydrogen-bond acceptors (Lipinski definition) is 3. The third kappa shape index (κ3) is 7.94. The van der Waals surface area contributed by atoms with Crippen molar-refractivity contribution in [2.75, 3.05) is 7.11 Å². The van der Waals surface area contributed by atoms with Crippen LogP contribution in [0.5, 0.6) is 0 Å². The van der Waals surface area contributed by atoms with E-state index in [1.54, 1.807) is 6.07 Å². The summed E-state index contributed by atoms with van der Waals surface area (Å²) in [5.74, 6) is 0.581. The van der Waals surface area contributed by atoms with Crippen molar-refractivity contribution in [2.45, 2.75) is 91.5 Å². The van der Waals surface area contributed by atoms with Crippen LogP contribution in [0.2, 0.25) is 5.02 Å². The molecule has 1 fully saturated rings. The summed E-state index contributed by atoms with van der Waals surface area (Å²) in [6.45, 7) is 8.48. The first-order chi connectivity index (χ1) is 14.1. The molecule has 2 rings (SSSR count). The second-order valence-electron chi connectivity index (χ2n) is 9.97. The Labute approximate surface area is 187 Å². The first-order valence-electron chi connectivity index (χ1n) is 11.3. The third-order valence-electron chi connectivity index (χ3n) is 6.26. The van der Waals surface area contributed by atoms with E-state index < -0.39 is 0 Å². The van der Waals surface area contributed by atoms with Crippen LogP contribution < -0.4 is 5.32 Å². The van der Waals surface area contributed by atoms with E-state index in [0.717, 1.165) is 43.2 Å². The van der Waals surface area contributed by atoms with E-state index >= 15 is 0 Å². The van der Waals surface area contributed by atoms with Crippen LogP contribution in [-0.2, 0) is 16.0 Å². The molecule has 0 aliphatic heterocycles. The van der Waals surface area contributed by atoms with Crippen molar-refractivity contribution in [3.05, 3.63) is 33.8 Å². The number of ether oxygens (including phenoxy) is 1. The maximum absolute atomic E-state index is 12.2. The minimum atomic E-state index is -0.334. The molecule has 1 aliphatic rings. The van der Waals surface area contributed by atoms with Crippen LogP contribution in [0.15, 0.2) is 12.1 Å². The first kappa shape index (κ1) is 24.7. The maximum Gasteiger partial charge on any atom is 0.338 e. The average molecular weight is 436 g/mol. The molecule has 30 heavy (non-hydrogen) atoms. The molecule has 0 atom stereocenters. The normalized spacial score (nSPS) is 19.4. The number of rotatable bonds is 8. The molecule has 1 amide bonds. The highest BCUT2D eigenvalue weighted by molar-refractivity contribution is 6.31. The van der Waals surface area contributed by atoms with E-state index in [9.17, 15) is 9.59 Å². The van der Waals surface area contributed by atoms with Gasteiger partial charge in [0.05, 0.1) is 12.7 Å². The third-order valence-corrected chi connectivity index (χ3v) is 6.48. The zero-order chi connectivity index (χ0) is 22.3. The van der Waals surface area contributed by atoms with Gasteiger partial charge in [0.2, 0.25) is 5.91 Å². The number of halogens is 1. The number of carbonyl (C=O) groups is 2. The average Bonchev–Trinajstić information content (AvgIpc) is 2.69. The number of amides is 1. The smallest absolute Gasteiger partial charge is 0.338 e. The Hall–Kier alpha value is -1.55. The Morgan fingerprint density at radius 1 is 1.17 bits per heavy atom. The van der Waals surface area contributed by atoms with Crippen molar-refractivity contribution >= 4 is 23.5 Å². The highest BCUT2D eigenvalue weighted by Gasteiger charge is 2.23. The molecular formula is C25H38ClNO3. The lowest BCUT2D eigenvalue weighted by molar-refractivity contribution is -0.122. The highest BCUT2D eigenvalue weighted by atomic mass is 35.5. The van der Waals surface area contributed by atoms with Crippen LogP contribution in [0.1, 0.15) is 93.6 Å². The molecule has 5 heteroatoms. The second-order valence-corrected chi connectivity index (χ2v) is 10.4. The quantitative estimate of drug-likeness (QED) is 0.490. The number of aryl methyl sites for hydroxylation is 1. The molecule has 0 heterocycles. The van der Waals surface area contributed by atoms with Crippen molar-refractivity contribution in [1.82, 2.24) is 5.32 Å². The van der Waals surface area contributed by atoms with Crippen molar-refractivity contribution in [3.63, 3.8) is 0 Å². The van der Waals surface area contributed by atoms with E-state index in [1.165, 1.54) is 26.4 Å². The molecule has 0 spiro atoms. The Morgan fingerprint density at radius 2 is 1.83 bits per heavy atom. The topological polar surface area (TPSA) is 55.4 Å². The Balaban J connectivity index is 1.75. The maximum atomic E-state index is 12.2. The summed E-state index contributed by atoms with van der Waals surface area (Å²) in [7, 11) is 1.39. The van der Waals surface area contributed by atoms with E-state index in [0.29, 0.717) is 29.0 Å². The standard InChI is InChI=1S/C25H38ClNO3/c1-17-19(15-20(26)16-22(17)24(29)30-5)8-6-7-18-9-11-21(12-10-18)27-23(28)13-14-25(2,3)4/h15-16,18,21H,6-14H2,1-5H3,(H,27,28). The van der Waals surface area contributed by atoms with Crippen LogP contribution in [-0.4, -0.2) is 25.0 Å². The van der Waals surface area contributed by atoms with Crippen LogP contribution in [0.25, 0.3) is 0 Å². The molecule has 0 saturated heterocycles. The van der Waals surface area contributed by atoms with Gasteiger partial charge in [-0.2, -0.15) is 0 Å². The van der Waals surface area contributed by atoms with Crippen LogP contribution >= 0.6 is 11.6 Å². The van der Waals surface area contributed by atoms with Gasteiger partial charge in [0.25, 0.3) is 0 Å². The molecule has 4 nitrogen and oxygen atoms in total. The highest BCUT2D eigenvalue weighted by Crippen LogP contribution is 2.30. The van der Waals surface area contributed by atoms with E-state index in [4.69, 9.17) is 16.3 Å². The lowest BCUT2D eigenvalue weighted by Gasteiger charge is -2.29. The van der Waals surface area contributed by atoms with E-state index in [2.05, 4.69) is 26.1 Å². The molecule has 0 unspecified atom stereocenters. The lowest BCUT2D eigenvalue weighted by Crippen LogP contribution is -2.37. The van der Waals surface area contributed by atoms with Gasteiger partial charge in [-0.25, -0.2) is 4.79 Å². The zero-order valence-corrected chi connectivity index (χ0v) is 20.0. The van der Waals surface area contributed by atoms with E-state index in [-0.39, 0.29) is 17.3 Å². The molecule has 168 valence electrons. The van der Waals surface area contributed by atoms with Gasteiger partial charge in [-0.15, -0.1) is 0 Å². The second kappa shape index (κ2) is 11.2. The minimum absolute atomic E-state index is 0.200. The van der Waals surface area contributed by atoms with E-state index in [1.807, 2.05) is 13.0 Å². The first-order valence-corrected chi connectivity index (χ1v) is 11.6. The molecule has 0 bridgehead atoms. The van der Waals surface area contributed by atoms with Gasteiger partial charge in [0.1, 0.15) is 0 Å². The predicted octanol–water partition coefficient (Wildman–Crippen LogP) is 6.26. The van der Waals surface area contributed by atoms with Gasteiger partial charge in [0, 0.05) is 17.5 Å². The van der Waals surface area contributed by atoms with Gasteiger partial charge in [-0.3, -0.25) is 4.79 Å². The summed E-state index contributed by atoms with van der Waals surface area (Å²) in [5, 5.41) is 3.81. The summed E-state index contributed by atoms with van der Waals surface area (Å²) in [4.78, 5) is 24.1. The number of methoxy groups -OCH3 is 1. The van der Waals surface area contributed by atoms with Gasteiger partial charge in [-0.05, 0) is 86.5 Å². The number of hydrogen-bond donors (Lipinski definition) is 1. The number of carbonyl (C=O) groups excluding carboxylic acids is 2. The molecule has 1 N–H and O–H groups in total. The summed E-state index contributed by atoms with van der Waals surface area (Å²) in [6, 6.07) is 3.99. The van der Waals surface area contributed by atoms with Gasteiger partial charge in [-0.1, -0.05) is 38.8 Å². The van der Waals surface area contributed by atoms with Gasteiger partial charge >= 0.3 is 5.97 Å². The molecule has 0 radical (unpaired) electrons. The predicted molar refractivity (Wildman–Crippen MR) is 123 cm³/mol. The minimum Gasteiger partial charge on any atom is -0.465 e. The fraction of sp³-hybridized carbons (Fsp3) is 0.680.